The van der Waals surface area contributed by atoms with E-state index in [9.17, 15) is 23.1 Å². The molecule has 0 saturated heterocycles. The quantitative estimate of drug-likeness (QED) is 0.333. The Hall–Kier alpha value is -3.53. The third-order valence-corrected chi connectivity index (χ3v) is 7.69. The van der Waals surface area contributed by atoms with Crippen molar-refractivity contribution in [2.45, 2.75) is 11.4 Å². The van der Waals surface area contributed by atoms with Crippen LogP contribution in [0.15, 0.2) is 77.8 Å². The summed E-state index contributed by atoms with van der Waals surface area (Å²) in [6.45, 7) is -0.478. The molecule has 0 aliphatic rings. The van der Waals surface area contributed by atoms with Crippen LogP contribution >= 0.6 is 23.2 Å². The highest BCUT2D eigenvalue weighted by Crippen LogP contribution is 2.31. The van der Waals surface area contributed by atoms with Crippen LogP contribution in [0.2, 0.25) is 10.0 Å². The average molecular weight is 546 g/mol. The monoisotopic (exact) mass is 545 g/mol. The molecule has 0 radical (unpaired) electrons. The van der Waals surface area contributed by atoms with E-state index in [1.54, 1.807) is 23.9 Å². The summed E-state index contributed by atoms with van der Waals surface area (Å²) in [7, 11) is -2.61. The van der Waals surface area contributed by atoms with Crippen molar-refractivity contribution in [3.63, 3.8) is 0 Å². The van der Waals surface area contributed by atoms with Gasteiger partial charge in [-0.3, -0.25) is 13.9 Å². The van der Waals surface area contributed by atoms with Crippen molar-refractivity contribution in [1.82, 2.24) is 9.88 Å². The van der Waals surface area contributed by atoms with Crippen LogP contribution in [0.1, 0.15) is 15.9 Å². The van der Waals surface area contributed by atoms with Crippen LogP contribution < -0.4 is 9.62 Å². The van der Waals surface area contributed by atoms with Crippen LogP contribution in [0, 0.1) is 0 Å². The van der Waals surface area contributed by atoms with Crippen LogP contribution in [0.5, 0.6) is 0 Å². The van der Waals surface area contributed by atoms with E-state index in [-0.39, 0.29) is 26.5 Å². The molecule has 0 aliphatic heterocycles. The summed E-state index contributed by atoms with van der Waals surface area (Å²) in [6.07, 6.45) is 1.64. The van der Waals surface area contributed by atoms with Crippen LogP contribution in [-0.2, 0) is 28.4 Å². The van der Waals surface area contributed by atoms with Crippen molar-refractivity contribution < 1.29 is 23.1 Å². The van der Waals surface area contributed by atoms with Crippen molar-refractivity contribution in [1.29, 1.82) is 0 Å². The van der Waals surface area contributed by atoms with Crippen LogP contribution in [-0.4, -0.2) is 36.5 Å². The molecule has 1 aromatic heterocycles. The third kappa shape index (κ3) is 5.33. The van der Waals surface area contributed by atoms with E-state index in [4.69, 9.17) is 23.2 Å². The predicted octanol–water partition coefficient (Wildman–Crippen LogP) is 4.70. The fourth-order valence-corrected chi connectivity index (χ4v) is 5.96. The normalized spacial score (nSPS) is 11.4. The maximum absolute atomic E-state index is 13.4. The van der Waals surface area contributed by atoms with Gasteiger partial charge in [0.25, 0.3) is 15.9 Å². The number of hydrogen-bond acceptors (Lipinski definition) is 4. The smallest absolute Gasteiger partial charge is 0.324 e. The van der Waals surface area contributed by atoms with E-state index in [0.29, 0.717) is 23.0 Å². The topological polar surface area (TPSA) is 109 Å². The third-order valence-electron chi connectivity index (χ3n) is 5.51. The van der Waals surface area contributed by atoms with Gasteiger partial charge in [-0.1, -0.05) is 53.5 Å². The number of sulfonamides is 1. The largest absolute Gasteiger partial charge is 0.480 e. The summed E-state index contributed by atoms with van der Waals surface area (Å²) in [6, 6.07) is 17.8. The lowest BCUT2D eigenvalue weighted by Crippen LogP contribution is -2.35. The molecule has 2 N–H and O–H groups in total. The molecule has 8 nitrogen and oxygen atoms in total. The lowest BCUT2D eigenvalue weighted by atomic mass is 10.1. The van der Waals surface area contributed by atoms with Gasteiger partial charge in [0, 0.05) is 35.2 Å². The first-order chi connectivity index (χ1) is 17.1. The minimum absolute atomic E-state index is 0.0976. The molecule has 0 spiro atoms. The van der Waals surface area contributed by atoms with Crippen molar-refractivity contribution in [3.05, 3.63) is 94.1 Å². The highest BCUT2D eigenvalue weighted by molar-refractivity contribution is 7.92. The minimum atomic E-state index is -4.33. The molecule has 186 valence electrons. The minimum Gasteiger partial charge on any atom is -0.480 e. The number of hydrogen-bond donors (Lipinski definition) is 2. The van der Waals surface area contributed by atoms with Crippen molar-refractivity contribution in [2.75, 3.05) is 10.8 Å². The first-order valence-electron chi connectivity index (χ1n) is 10.7. The molecule has 36 heavy (non-hydrogen) atoms. The van der Waals surface area contributed by atoms with Gasteiger partial charge in [-0.25, -0.2) is 8.42 Å². The second-order valence-electron chi connectivity index (χ2n) is 8.03. The number of carboxylic acid groups (broad SMARTS) is 1. The Kier molecular flexibility index (Phi) is 7.26. The van der Waals surface area contributed by atoms with Gasteiger partial charge in [0.15, 0.2) is 0 Å². The number of anilines is 1. The molecule has 4 aromatic rings. The summed E-state index contributed by atoms with van der Waals surface area (Å²) in [4.78, 5) is 24.2. The Bertz CT molecular complexity index is 1550. The molecular formula is C25H21Cl2N3O5S. The van der Waals surface area contributed by atoms with Crippen LogP contribution in [0.3, 0.4) is 0 Å². The Morgan fingerprint density at radius 2 is 1.67 bits per heavy atom. The highest BCUT2D eigenvalue weighted by atomic mass is 35.5. The molecule has 3 aromatic carbocycles. The van der Waals surface area contributed by atoms with E-state index >= 15 is 0 Å². The van der Waals surface area contributed by atoms with E-state index < -0.39 is 22.5 Å². The Morgan fingerprint density at radius 1 is 1.00 bits per heavy atom. The zero-order valence-corrected chi connectivity index (χ0v) is 21.3. The van der Waals surface area contributed by atoms with Gasteiger partial charge in [-0.2, -0.15) is 0 Å². The van der Waals surface area contributed by atoms with Gasteiger partial charge in [-0.15, -0.1) is 0 Å². The highest BCUT2D eigenvalue weighted by Gasteiger charge is 2.28. The molecule has 11 heteroatoms. The molecule has 0 fully saturated rings. The maximum Gasteiger partial charge on any atom is 0.324 e. The zero-order valence-electron chi connectivity index (χ0n) is 19.0. The van der Waals surface area contributed by atoms with E-state index in [0.717, 1.165) is 9.87 Å². The fraction of sp³-hybridized carbons (Fsp3) is 0.120. The van der Waals surface area contributed by atoms with Crippen molar-refractivity contribution in [3.8, 4) is 0 Å². The molecule has 1 heterocycles. The number of carbonyl (C=O) groups is 2. The number of aryl methyl sites for hydroxylation is 1. The molecular weight excluding hydrogens is 525 g/mol. The molecule has 1 amide bonds. The Labute approximate surface area is 217 Å². The van der Waals surface area contributed by atoms with E-state index in [2.05, 4.69) is 5.32 Å². The molecule has 0 unspecified atom stereocenters. The number of rotatable bonds is 8. The second kappa shape index (κ2) is 10.2. The number of aliphatic carboxylic acids is 1. The van der Waals surface area contributed by atoms with Gasteiger partial charge in [0.2, 0.25) is 0 Å². The number of nitrogens with one attached hydrogen (secondary N) is 1. The first kappa shape index (κ1) is 25.6. The predicted molar refractivity (Wildman–Crippen MR) is 139 cm³/mol. The molecule has 4 rings (SSSR count). The number of benzene rings is 3. The number of amides is 1. The standard InChI is InChI=1S/C25H21Cl2N3O5S/c1-29-14-22(25(33)28-13-16-5-3-2-4-6-16)21-8-7-19(12-23(21)29)30(15-24(31)32)36(34,35)20-10-17(26)9-18(27)11-20/h2-12,14H,13,15H2,1H3,(H,28,33)(H,31,32). The second-order valence-corrected chi connectivity index (χ2v) is 10.8. The summed E-state index contributed by atoms with van der Waals surface area (Å²) < 4.78 is 29.2. The van der Waals surface area contributed by atoms with Gasteiger partial charge in [0.1, 0.15) is 6.54 Å². The number of carboxylic acids is 1. The molecule has 0 bridgehead atoms. The lowest BCUT2D eigenvalue weighted by molar-refractivity contribution is -0.135. The van der Waals surface area contributed by atoms with Gasteiger partial charge in [-0.05, 0) is 42.0 Å². The molecule has 0 saturated carbocycles. The number of nitrogens with zero attached hydrogens (tertiary/aromatic N) is 2. The van der Waals surface area contributed by atoms with E-state index in [1.165, 1.54) is 30.3 Å². The summed E-state index contributed by atoms with van der Waals surface area (Å²) in [5.41, 5.74) is 2.01. The van der Waals surface area contributed by atoms with E-state index in [1.807, 2.05) is 30.3 Å². The Balaban J connectivity index is 1.71. The number of fused-ring (bicyclic) bond motifs is 1. The lowest BCUT2D eigenvalue weighted by Gasteiger charge is -2.23. The van der Waals surface area contributed by atoms with Gasteiger partial charge in [0.05, 0.1) is 21.7 Å². The zero-order chi connectivity index (χ0) is 26.0. The van der Waals surface area contributed by atoms with Crippen LogP contribution in [0.4, 0.5) is 5.69 Å². The van der Waals surface area contributed by atoms with Crippen LogP contribution in [0.25, 0.3) is 10.9 Å². The van der Waals surface area contributed by atoms with Gasteiger partial charge >= 0.3 is 5.97 Å². The number of halogens is 2. The van der Waals surface area contributed by atoms with Gasteiger partial charge < -0.3 is 15.0 Å². The molecule has 0 atom stereocenters. The fourth-order valence-electron chi connectivity index (χ4n) is 3.82. The SMILES string of the molecule is Cn1cc(C(=O)NCc2ccccc2)c2ccc(N(CC(=O)O)S(=O)(=O)c3cc(Cl)cc(Cl)c3)cc21. The average Bonchev–Trinajstić information content (AvgIpc) is 3.16. The van der Waals surface area contributed by atoms with Crippen molar-refractivity contribution in [2.24, 2.45) is 7.05 Å². The summed E-state index contributed by atoms with van der Waals surface area (Å²) >= 11 is 12.0. The summed E-state index contributed by atoms with van der Waals surface area (Å²) in [5, 5.41) is 13.1. The first-order valence-corrected chi connectivity index (χ1v) is 12.9. The number of aromatic nitrogens is 1. The Morgan fingerprint density at radius 3 is 2.31 bits per heavy atom. The maximum atomic E-state index is 13.4. The summed E-state index contributed by atoms with van der Waals surface area (Å²) in [5.74, 6) is -1.64. The molecule has 0 aliphatic carbocycles. The van der Waals surface area contributed by atoms with Crippen molar-refractivity contribution >= 4 is 61.7 Å². The number of carbonyl (C=O) groups excluding carboxylic acids is 1.